The van der Waals surface area contributed by atoms with Crippen molar-refractivity contribution in [1.82, 2.24) is 20.7 Å². The topological polar surface area (TPSA) is 81.8 Å². The number of amides is 4. The summed E-state index contributed by atoms with van der Waals surface area (Å²) < 4.78 is 0. The van der Waals surface area contributed by atoms with Gasteiger partial charge in [0.2, 0.25) is 0 Å². The van der Waals surface area contributed by atoms with Crippen molar-refractivity contribution in [2.75, 3.05) is 20.6 Å². The number of urea groups is 1. The maximum atomic E-state index is 12.8. The Kier molecular flexibility index (Phi) is 4.18. The molecule has 1 atom stereocenters. The minimum atomic E-state index is -1.19. The number of hydrogen-bond donors (Lipinski definition) is 2. The maximum Gasteiger partial charge on any atom is 0.325 e. The van der Waals surface area contributed by atoms with E-state index in [2.05, 4.69) is 10.7 Å². The summed E-state index contributed by atoms with van der Waals surface area (Å²) in [4.78, 5) is 37.9. The van der Waals surface area contributed by atoms with Crippen LogP contribution in [0.3, 0.4) is 0 Å². The first kappa shape index (κ1) is 16.9. The molecule has 0 aliphatic carbocycles. The quantitative estimate of drug-likeness (QED) is 0.647. The largest absolute Gasteiger partial charge is 0.325 e. The Bertz CT molecular complexity index is 864. The molecule has 2 aromatic carbocycles. The fraction of sp³-hybridized carbons (Fsp3) is 0.278. The van der Waals surface area contributed by atoms with Crippen molar-refractivity contribution >= 4 is 28.6 Å². The second-order valence-corrected chi connectivity index (χ2v) is 6.44. The number of carbonyl (C=O) groups excluding carboxylic acids is 3. The normalized spacial score (nSPS) is 20.2. The van der Waals surface area contributed by atoms with Crippen LogP contribution >= 0.6 is 0 Å². The van der Waals surface area contributed by atoms with Gasteiger partial charge in [0, 0.05) is 14.1 Å². The molecule has 0 saturated carbocycles. The highest BCUT2D eigenvalue weighted by molar-refractivity contribution is 6.09. The monoisotopic (exact) mass is 340 g/mol. The Morgan fingerprint density at radius 1 is 1.16 bits per heavy atom. The molecule has 0 spiro atoms. The number of rotatable bonds is 4. The number of carbonyl (C=O) groups is 3. The molecular formula is C18H20N4O3. The van der Waals surface area contributed by atoms with Gasteiger partial charge in [-0.1, -0.05) is 36.4 Å². The van der Waals surface area contributed by atoms with Crippen molar-refractivity contribution in [3.63, 3.8) is 0 Å². The van der Waals surface area contributed by atoms with Gasteiger partial charge >= 0.3 is 6.03 Å². The molecule has 1 aliphatic rings. The Hall–Kier alpha value is -2.93. The maximum absolute atomic E-state index is 12.8. The van der Waals surface area contributed by atoms with E-state index in [9.17, 15) is 14.4 Å². The fourth-order valence-electron chi connectivity index (χ4n) is 2.96. The molecule has 1 heterocycles. The standard InChI is InChI=1S/C18H20N4O3/c1-18(14-9-8-12-6-4-5-7-13(12)10-14)16(24)22(17(25)19-18)11-15(23)20-21(2)3/h4-10H,11H2,1-3H3,(H,19,25)(H,20,23)/t18-/m0/s1. The molecule has 0 unspecified atom stereocenters. The lowest BCUT2D eigenvalue weighted by atomic mass is 9.90. The van der Waals surface area contributed by atoms with Crippen molar-refractivity contribution < 1.29 is 14.4 Å². The lowest BCUT2D eigenvalue weighted by Crippen LogP contribution is -2.46. The first-order valence-corrected chi connectivity index (χ1v) is 7.91. The second kappa shape index (κ2) is 6.18. The van der Waals surface area contributed by atoms with Gasteiger partial charge in [0.1, 0.15) is 12.1 Å². The predicted octanol–water partition coefficient (Wildman–Crippen LogP) is 1.20. The molecular weight excluding hydrogens is 320 g/mol. The van der Waals surface area contributed by atoms with Crippen LogP contribution in [0.25, 0.3) is 10.8 Å². The molecule has 0 aromatic heterocycles. The summed E-state index contributed by atoms with van der Waals surface area (Å²) in [5.74, 6) is -0.877. The van der Waals surface area contributed by atoms with Crippen LogP contribution in [-0.2, 0) is 15.1 Å². The van der Waals surface area contributed by atoms with Crippen LogP contribution in [0.15, 0.2) is 42.5 Å². The van der Waals surface area contributed by atoms with Crippen LogP contribution in [0.1, 0.15) is 12.5 Å². The third kappa shape index (κ3) is 3.06. The van der Waals surface area contributed by atoms with Gasteiger partial charge in [0.05, 0.1) is 0 Å². The molecule has 0 bridgehead atoms. The van der Waals surface area contributed by atoms with Crippen LogP contribution in [-0.4, -0.2) is 48.4 Å². The highest BCUT2D eigenvalue weighted by Gasteiger charge is 2.49. The predicted molar refractivity (Wildman–Crippen MR) is 93.4 cm³/mol. The molecule has 1 saturated heterocycles. The first-order chi connectivity index (χ1) is 11.8. The average molecular weight is 340 g/mol. The zero-order valence-corrected chi connectivity index (χ0v) is 14.4. The number of nitrogens with one attached hydrogen (secondary N) is 2. The molecule has 130 valence electrons. The van der Waals surface area contributed by atoms with Crippen LogP contribution in [0.4, 0.5) is 4.79 Å². The summed E-state index contributed by atoms with van der Waals surface area (Å²) in [5, 5.41) is 6.20. The van der Waals surface area contributed by atoms with Gasteiger partial charge in [-0.2, -0.15) is 0 Å². The van der Waals surface area contributed by atoms with Crippen molar-refractivity contribution in [2.45, 2.75) is 12.5 Å². The van der Waals surface area contributed by atoms with Gasteiger partial charge < -0.3 is 5.32 Å². The molecule has 25 heavy (non-hydrogen) atoms. The van der Waals surface area contributed by atoms with Crippen LogP contribution in [0.5, 0.6) is 0 Å². The number of hydrazine groups is 1. The Morgan fingerprint density at radius 3 is 2.52 bits per heavy atom. The molecule has 1 fully saturated rings. The summed E-state index contributed by atoms with van der Waals surface area (Å²) in [6.07, 6.45) is 0. The SMILES string of the molecule is CN(C)NC(=O)CN1C(=O)N[C@@](C)(c2ccc3ccccc3c2)C1=O. The smallest absolute Gasteiger partial charge is 0.319 e. The van der Waals surface area contributed by atoms with Gasteiger partial charge in [-0.25, -0.2) is 9.80 Å². The van der Waals surface area contributed by atoms with E-state index in [4.69, 9.17) is 0 Å². The van der Waals surface area contributed by atoms with E-state index in [1.807, 2.05) is 42.5 Å². The van der Waals surface area contributed by atoms with Crippen molar-refractivity contribution in [1.29, 1.82) is 0 Å². The van der Waals surface area contributed by atoms with Crippen LogP contribution in [0, 0.1) is 0 Å². The van der Waals surface area contributed by atoms with Gasteiger partial charge in [-0.15, -0.1) is 0 Å². The summed E-state index contributed by atoms with van der Waals surface area (Å²) in [5.41, 5.74) is 2.01. The zero-order chi connectivity index (χ0) is 18.2. The van der Waals surface area contributed by atoms with Crippen molar-refractivity contribution in [3.8, 4) is 0 Å². The zero-order valence-electron chi connectivity index (χ0n) is 14.4. The van der Waals surface area contributed by atoms with Gasteiger partial charge in [-0.05, 0) is 29.3 Å². The van der Waals surface area contributed by atoms with Gasteiger partial charge in [0.25, 0.3) is 11.8 Å². The van der Waals surface area contributed by atoms with E-state index in [-0.39, 0.29) is 6.54 Å². The van der Waals surface area contributed by atoms with E-state index < -0.39 is 23.4 Å². The second-order valence-electron chi connectivity index (χ2n) is 6.44. The van der Waals surface area contributed by atoms with E-state index in [0.717, 1.165) is 15.7 Å². The average Bonchev–Trinajstić information content (AvgIpc) is 2.78. The molecule has 2 N–H and O–H groups in total. The minimum absolute atomic E-state index is 0.327. The first-order valence-electron chi connectivity index (χ1n) is 7.91. The minimum Gasteiger partial charge on any atom is -0.319 e. The summed E-state index contributed by atoms with van der Waals surface area (Å²) >= 11 is 0. The van der Waals surface area contributed by atoms with E-state index in [0.29, 0.717) is 5.56 Å². The van der Waals surface area contributed by atoms with Crippen LogP contribution in [0.2, 0.25) is 0 Å². The molecule has 3 rings (SSSR count). The Balaban J connectivity index is 1.89. The van der Waals surface area contributed by atoms with Crippen LogP contribution < -0.4 is 10.7 Å². The number of fused-ring (bicyclic) bond motifs is 1. The Labute approximate surface area is 145 Å². The van der Waals surface area contributed by atoms with Crippen molar-refractivity contribution in [3.05, 3.63) is 48.0 Å². The lowest BCUT2D eigenvalue weighted by Gasteiger charge is -2.23. The lowest BCUT2D eigenvalue weighted by molar-refractivity contribution is -0.136. The molecule has 2 aromatic rings. The highest BCUT2D eigenvalue weighted by atomic mass is 16.2. The molecule has 7 heteroatoms. The molecule has 7 nitrogen and oxygen atoms in total. The molecule has 1 aliphatic heterocycles. The van der Waals surface area contributed by atoms with Crippen molar-refractivity contribution in [2.24, 2.45) is 0 Å². The summed E-state index contributed by atoms with van der Waals surface area (Å²) in [7, 11) is 3.31. The molecule has 4 amide bonds. The number of nitrogens with zero attached hydrogens (tertiary/aromatic N) is 2. The summed E-state index contributed by atoms with van der Waals surface area (Å²) in [6.45, 7) is 1.33. The Morgan fingerprint density at radius 2 is 1.84 bits per heavy atom. The third-order valence-corrected chi connectivity index (χ3v) is 4.25. The van der Waals surface area contributed by atoms with Gasteiger partial charge in [-0.3, -0.25) is 19.9 Å². The molecule has 0 radical (unpaired) electrons. The number of hydrogen-bond acceptors (Lipinski definition) is 4. The summed E-state index contributed by atoms with van der Waals surface area (Å²) in [6, 6.07) is 12.8. The van der Waals surface area contributed by atoms with E-state index in [1.165, 1.54) is 5.01 Å². The third-order valence-electron chi connectivity index (χ3n) is 4.25. The van der Waals surface area contributed by atoms with E-state index in [1.54, 1.807) is 21.0 Å². The highest BCUT2D eigenvalue weighted by Crippen LogP contribution is 2.30. The number of benzene rings is 2. The fourth-order valence-corrected chi connectivity index (χ4v) is 2.96. The van der Waals surface area contributed by atoms with E-state index >= 15 is 0 Å². The van der Waals surface area contributed by atoms with Gasteiger partial charge in [0.15, 0.2) is 0 Å². The number of imide groups is 1.